The van der Waals surface area contributed by atoms with Gasteiger partial charge in [-0.2, -0.15) is 0 Å². The van der Waals surface area contributed by atoms with E-state index in [0.717, 1.165) is 25.7 Å². The Hall–Kier alpha value is -0.0800. The van der Waals surface area contributed by atoms with Crippen LogP contribution in [-0.2, 0) is 4.74 Å². The summed E-state index contributed by atoms with van der Waals surface area (Å²) in [5.41, 5.74) is 0. The molecule has 0 amide bonds. The van der Waals surface area contributed by atoms with Crippen molar-refractivity contribution in [2.75, 3.05) is 26.8 Å². The summed E-state index contributed by atoms with van der Waals surface area (Å²) in [6.07, 6.45) is 9.53. The minimum Gasteiger partial charge on any atom is -0.381 e. The molecular weight excluding hydrogens is 174 g/mol. The molecule has 0 spiro atoms. The summed E-state index contributed by atoms with van der Waals surface area (Å²) >= 11 is 0. The van der Waals surface area contributed by atoms with E-state index in [1.54, 1.807) is 0 Å². The average Bonchev–Trinajstić information content (AvgIpc) is 2.25. The third kappa shape index (κ3) is 5.61. The summed E-state index contributed by atoms with van der Waals surface area (Å²) in [5, 5.41) is 3.15. The van der Waals surface area contributed by atoms with E-state index in [0.29, 0.717) is 0 Å². The quantitative estimate of drug-likeness (QED) is 0.636. The van der Waals surface area contributed by atoms with Crippen molar-refractivity contribution < 1.29 is 4.74 Å². The maximum absolute atomic E-state index is 5.69. The van der Waals surface area contributed by atoms with Gasteiger partial charge in [-0.25, -0.2) is 0 Å². The molecule has 0 radical (unpaired) electrons. The Balaban J connectivity index is 1.82. The van der Waals surface area contributed by atoms with Gasteiger partial charge in [-0.1, -0.05) is 19.3 Å². The Morgan fingerprint density at radius 3 is 2.64 bits per heavy atom. The molecule has 0 aromatic rings. The summed E-state index contributed by atoms with van der Waals surface area (Å²) in [5.74, 6) is 0.869. The highest BCUT2D eigenvalue weighted by Gasteiger charge is 2.12. The number of hydrogen-bond acceptors (Lipinski definition) is 2. The lowest BCUT2D eigenvalue weighted by atomic mass is 9.90. The molecule has 0 heterocycles. The van der Waals surface area contributed by atoms with Crippen molar-refractivity contribution in [2.45, 2.75) is 44.9 Å². The number of ether oxygens (including phenoxy) is 1. The van der Waals surface area contributed by atoms with E-state index in [9.17, 15) is 0 Å². The lowest BCUT2D eigenvalue weighted by Crippen LogP contribution is -2.14. The van der Waals surface area contributed by atoms with Gasteiger partial charge in [-0.3, -0.25) is 0 Å². The van der Waals surface area contributed by atoms with Gasteiger partial charge < -0.3 is 10.1 Å². The van der Waals surface area contributed by atoms with Crippen LogP contribution < -0.4 is 5.32 Å². The van der Waals surface area contributed by atoms with Crippen molar-refractivity contribution in [3.63, 3.8) is 0 Å². The molecule has 0 aliphatic heterocycles. The molecule has 0 aromatic carbocycles. The zero-order valence-corrected chi connectivity index (χ0v) is 9.56. The van der Waals surface area contributed by atoms with Crippen LogP contribution in [0.2, 0.25) is 0 Å². The van der Waals surface area contributed by atoms with Crippen molar-refractivity contribution in [3.8, 4) is 0 Å². The van der Waals surface area contributed by atoms with Crippen LogP contribution in [0.1, 0.15) is 44.9 Å². The van der Waals surface area contributed by atoms with Gasteiger partial charge in [0, 0.05) is 13.2 Å². The summed E-state index contributed by atoms with van der Waals surface area (Å²) in [6, 6.07) is 0. The maximum atomic E-state index is 5.69. The van der Waals surface area contributed by atoms with Gasteiger partial charge in [0.25, 0.3) is 0 Å². The fraction of sp³-hybridized carbons (Fsp3) is 1.00. The highest BCUT2D eigenvalue weighted by molar-refractivity contribution is 4.64. The summed E-state index contributed by atoms with van der Waals surface area (Å²) < 4.78 is 5.69. The standard InChI is InChI=1S/C12H25NO/c1-13-9-5-6-10-14-11-12-7-3-2-4-8-12/h12-13H,2-11H2,1H3. The first-order valence-electron chi connectivity index (χ1n) is 6.16. The molecule has 1 N–H and O–H groups in total. The number of unbranched alkanes of at least 4 members (excludes halogenated alkanes) is 1. The van der Waals surface area contributed by atoms with Gasteiger partial charge >= 0.3 is 0 Å². The topological polar surface area (TPSA) is 21.3 Å². The molecule has 2 heteroatoms. The fourth-order valence-corrected chi connectivity index (χ4v) is 2.11. The first-order chi connectivity index (χ1) is 6.93. The van der Waals surface area contributed by atoms with Gasteiger partial charge in [-0.15, -0.1) is 0 Å². The molecule has 84 valence electrons. The molecule has 1 aliphatic rings. The van der Waals surface area contributed by atoms with Crippen LogP contribution in [0.15, 0.2) is 0 Å². The molecule has 0 aromatic heterocycles. The average molecular weight is 199 g/mol. The number of hydrogen-bond donors (Lipinski definition) is 1. The summed E-state index contributed by atoms with van der Waals surface area (Å²) in [7, 11) is 2.00. The van der Waals surface area contributed by atoms with Crippen LogP contribution in [0, 0.1) is 5.92 Å². The van der Waals surface area contributed by atoms with Crippen molar-refractivity contribution >= 4 is 0 Å². The van der Waals surface area contributed by atoms with E-state index in [1.165, 1.54) is 44.9 Å². The minimum atomic E-state index is 0.869. The normalized spacial score (nSPS) is 18.6. The fourth-order valence-electron chi connectivity index (χ4n) is 2.11. The van der Waals surface area contributed by atoms with Gasteiger partial charge in [0.2, 0.25) is 0 Å². The van der Waals surface area contributed by atoms with Crippen LogP contribution >= 0.6 is 0 Å². The van der Waals surface area contributed by atoms with Crippen LogP contribution in [0.25, 0.3) is 0 Å². The SMILES string of the molecule is CNCCCCOCC1CCCCC1. The summed E-state index contributed by atoms with van der Waals surface area (Å²) in [6.45, 7) is 3.09. The maximum Gasteiger partial charge on any atom is 0.0494 e. The van der Waals surface area contributed by atoms with Crippen LogP contribution in [0.5, 0.6) is 0 Å². The van der Waals surface area contributed by atoms with Crippen LogP contribution in [0.3, 0.4) is 0 Å². The van der Waals surface area contributed by atoms with E-state index < -0.39 is 0 Å². The molecule has 0 atom stereocenters. The Morgan fingerprint density at radius 1 is 1.14 bits per heavy atom. The lowest BCUT2D eigenvalue weighted by Gasteiger charge is -2.21. The van der Waals surface area contributed by atoms with Crippen molar-refractivity contribution in [1.29, 1.82) is 0 Å². The third-order valence-corrected chi connectivity index (χ3v) is 3.04. The van der Waals surface area contributed by atoms with Gasteiger partial charge in [0.05, 0.1) is 0 Å². The van der Waals surface area contributed by atoms with Crippen molar-refractivity contribution in [3.05, 3.63) is 0 Å². The van der Waals surface area contributed by atoms with E-state index in [4.69, 9.17) is 4.74 Å². The van der Waals surface area contributed by atoms with E-state index in [1.807, 2.05) is 7.05 Å². The molecule has 1 fully saturated rings. The van der Waals surface area contributed by atoms with E-state index in [-0.39, 0.29) is 0 Å². The highest BCUT2D eigenvalue weighted by atomic mass is 16.5. The molecule has 1 saturated carbocycles. The van der Waals surface area contributed by atoms with E-state index >= 15 is 0 Å². The van der Waals surface area contributed by atoms with Gasteiger partial charge in [0.1, 0.15) is 0 Å². The molecule has 14 heavy (non-hydrogen) atoms. The predicted octanol–water partition coefficient (Wildman–Crippen LogP) is 2.58. The minimum absolute atomic E-state index is 0.869. The highest BCUT2D eigenvalue weighted by Crippen LogP contribution is 2.23. The van der Waals surface area contributed by atoms with Crippen molar-refractivity contribution in [2.24, 2.45) is 5.92 Å². The predicted molar refractivity (Wildman–Crippen MR) is 60.6 cm³/mol. The molecule has 1 rings (SSSR count). The second kappa shape index (κ2) is 8.25. The number of rotatable bonds is 7. The monoisotopic (exact) mass is 199 g/mol. The zero-order chi connectivity index (χ0) is 10.1. The molecular formula is C12H25NO. The Morgan fingerprint density at radius 2 is 1.93 bits per heavy atom. The molecule has 2 nitrogen and oxygen atoms in total. The van der Waals surface area contributed by atoms with Gasteiger partial charge in [0.15, 0.2) is 0 Å². The Kier molecular flexibility index (Phi) is 7.06. The second-order valence-electron chi connectivity index (χ2n) is 4.39. The smallest absolute Gasteiger partial charge is 0.0494 e. The molecule has 0 saturated heterocycles. The Bertz CT molecular complexity index is 121. The second-order valence-corrected chi connectivity index (χ2v) is 4.39. The molecule has 0 unspecified atom stereocenters. The largest absolute Gasteiger partial charge is 0.381 e. The molecule has 0 bridgehead atoms. The molecule has 1 aliphatic carbocycles. The first kappa shape index (κ1) is 12.0. The Labute approximate surface area is 88.4 Å². The third-order valence-electron chi connectivity index (χ3n) is 3.04. The van der Waals surface area contributed by atoms with Crippen LogP contribution in [-0.4, -0.2) is 26.8 Å². The lowest BCUT2D eigenvalue weighted by molar-refractivity contribution is 0.0828. The van der Waals surface area contributed by atoms with Crippen LogP contribution in [0.4, 0.5) is 0 Å². The van der Waals surface area contributed by atoms with Crippen molar-refractivity contribution in [1.82, 2.24) is 5.32 Å². The summed E-state index contributed by atoms with van der Waals surface area (Å²) in [4.78, 5) is 0. The van der Waals surface area contributed by atoms with E-state index in [2.05, 4.69) is 5.32 Å². The van der Waals surface area contributed by atoms with Gasteiger partial charge in [-0.05, 0) is 45.2 Å². The first-order valence-corrected chi connectivity index (χ1v) is 6.16. The number of nitrogens with one attached hydrogen (secondary N) is 1. The zero-order valence-electron chi connectivity index (χ0n) is 9.56.